The number of rotatable bonds is 4. The van der Waals surface area contributed by atoms with Crippen molar-refractivity contribution in [2.75, 3.05) is 31.7 Å². The Morgan fingerprint density at radius 3 is 2.67 bits per heavy atom. The molecule has 0 bridgehead atoms. The van der Waals surface area contributed by atoms with Gasteiger partial charge in [-0.3, -0.25) is 4.79 Å². The molecule has 1 aliphatic rings. The van der Waals surface area contributed by atoms with Crippen LogP contribution in [-0.4, -0.2) is 37.9 Å². The van der Waals surface area contributed by atoms with E-state index in [0.717, 1.165) is 18.2 Å². The molecule has 0 amide bonds. The van der Waals surface area contributed by atoms with Crippen molar-refractivity contribution in [3.63, 3.8) is 0 Å². The number of nitrogens with zero attached hydrogens (tertiary/aromatic N) is 1. The molecule has 0 unspecified atom stereocenters. The second kappa shape index (κ2) is 4.53. The number of carbonyl (C=O) groups is 1. The number of benzene rings is 1. The maximum Gasteiger partial charge on any atom is 0.316 e. The number of halogens is 2. The molecule has 4 nitrogen and oxygen atoms in total. The van der Waals surface area contributed by atoms with Crippen molar-refractivity contribution < 1.29 is 23.4 Å². The van der Waals surface area contributed by atoms with Crippen LogP contribution in [0.2, 0.25) is 0 Å². The molecule has 1 heterocycles. The van der Waals surface area contributed by atoms with Gasteiger partial charge in [-0.1, -0.05) is 0 Å². The van der Waals surface area contributed by atoms with Gasteiger partial charge < -0.3 is 14.7 Å². The van der Waals surface area contributed by atoms with Crippen LogP contribution in [0.1, 0.15) is 0 Å². The van der Waals surface area contributed by atoms with Gasteiger partial charge in [-0.15, -0.1) is 0 Å². The fourth-order valence-electron chi connectivity index (χ4n) is 1.95. The summed E-state index contributed by atoms with van der Waals surface area (Å²) < 4.78 is 31.5. The first-order valence-corrected chi connectivity index (χ1v) is 5.42. The van der Waals surface area contributed by atoms with E-state index in [0.29, 0.717) is 0 Å². The van der Waals surface area contributed by atoms with Crippen LogP contribution in [0, 0.1) is 17.0 Å². The lowest BCUT2D eigenvalue weighted by molar-refractivity contribution is -0.177. The average Bonchev–Trinajstić information content (AvgIpc) is 2.26. The molecule has 98 valence electrons. The minimum absolute atomic E-state index is 0.0440. The maximum absolute atomic E-state index is 13.5. The van der Waals surface area contributed by atoms with Gasteiger partial charge in [0.1, 0.15) is 17.0 Å². The van der Waals surface area contributed by atoms with Gasteiger partial charge in [0.05, 0.1) is 18.9 Å². The molecule has 0 aromatic heterocycles. The molecule has 0 atom stereocenters. The molecule has 6 heteroatoms. The highest BCUT2D eigenvalue weighted by atomic mass is 19.1. The van der Waals surface area contributed by atoms with Crippen molar-refractivity contribution in [3.8, 4) is 0 Å². The summed E-state index contributed by atoms with van der Waals surface area (Å²) >= 11 is 0. The van der Waals surface area contributed by atoms with Crippen molar-refractivity contribution in [1.82, 2.24) is 0 Å². The Kier molecular flexibility index (Phi) is 3.21. The van der Waals surface area contributed by atoms with E-state index in [-0.39, 0.29) is 25.4 Å². The fraction of sp³-hybridized carbons (Fsp3) is 0.417. The Hall–Kier alpha value is -1.69. The van der Waals surface area contributed by atoms with E-state index in [9.17, 15) is 13.6 Å². The van der Waals surface area contributed by atoms with Crippen LogP contribution in [0.15, 0.2) is 18.2 Å². The van der Waals surface area contributed by atoms with E-state index in [1.54, 1.807) is 0 Å². The zero-order valence-corrected chi connectivity index (χ0v) is 9.82. The summed E-state index contributed by atoms with van der Waals surface area (Å²) in [7, 11) is 1.53. The highest BCUT2D eigenvalue weighted by Gasteiger charge is 2.47. The second-order valence-electron chi connectivity index (χ2n) is 4.53. The van der Waals surface area contributed by atoms with Crippen molar-refractivity contribution >= 4 is 11.7 Å². The van der Waals surface area contributed by atoms with Gasteiger partial charge in [0.15, 0.2) is 0 Å². The molecule has 0 spiro atoms. The Labute approximate surface area is 103 Å². The van der Waals surface area contributed by atoms with Crippen molar-refractivity contribution in [2.45, 2.75) is 0 Å². The molecule has 0 radical (unpaired) electrons. The molecule has 0 aliphatic carbocycles. The first-order chi connectivity index (χ1) is 8.44. The minimum Gasteiger partial charge on any atom is -0.481 e. The summed E-state index contributed by atoms with van der Waals surface area (Å²) in [5.74, 6) is -2.13. The van der Waals surface area contributed by atoms with Gasteiger partial charge in [0.25, 0.3) is 0 Å². The molecular weight excluding hydrogens is 244 g/mol. The fourth-order valence-corrected chi connectivity index (χ4v) is 1.95. The van der Waals surface area contributed by atoms with Crippen molar-refractivity contribution in [1.29, 1.82) is 0 Å². The number of carboxylic acids is 1. The van der Waals surface area contributed by atoms with Crippen LogP contribution in [0.25, 0.3) is 0 Å². The summed E-state index contributed by atoms with van der Waals surface area (Å²) in [6.07, 6.45) is 0. The summed E-state index contributed by atoms with van der Waals surface area (Å²) in [5, 5.41) is 9.13. The smallest absolute Gasteiger partial charge is 0.316 e. The molecule has 1 N–H and O–H groups in total. The zero-order valence-electron chi connectivity index (χ0n) is 9.82. The minimum atomic E-state index is -1.03. The van der Waals surface area contributed by atoms with Gasteiger partial charge in [-0.05, 0) is 12.1 Å². The Morgan fingerprint density at radius 2 is 2.17 bits per heavy atom. The van der Waals surface area contributed by atoms with E-state index in [1.807, 2.05) is 0 Å². The zero-order chi connectivity index (χ0) is 13.3. The molecule has 0 saturated carbocycles. The third-order valence-corrected chi connectivity index (χ3v) is 3.07. The lowest BCUT2D eigenvalue weighted by atomic mass is 9.85. The van der Waals surface area contributed by atoms with E-state index >= 15 is 0 Å². The summed E-state index contributed by atoms with van der Waals surface area (Å²) in [6, 6.07) is 3.09. The lowest BCUT2D eigenvalue weighted by Crippen LogP contribution is -2.55. The van der Waals surface area contributed by atoms with E-state index < -0.39 is 23.0 Å². The van der Waals surface area contributed by atoms with Crippen LogP contribution < -0.4 is 4.90 Å². The second-order valence-corrected chi connectivity index (χ2v) is 4.53. The normalized spacial score (nSPS) is 17.1. The van der Waals surface area contributed by atoms with Gasteiger partial charge in [-0.2, -0.15) is 0 Å². The highest BCUT2D eigenvalue weighted by Crippen LogP contribution is 2.31. The Morgan fingerprint density at radius 1 is 1.50 bits per heavy atom. The van der Waals surface area contributed by atoms with E-state index in [4.69, 9.17) is 9.84 Å². The van der Waals surface area contributed by atoms with Gasteiger partial charge in [0, 0.05) is 19.7 Å². The van der Waals surface area contributed by atoms with Crippen molar-refractivity contribution in [2.24, 2.45) is 5.41 Å². The largest absolute Gasteiger partial charge is 0.481 e. The summed E-state index contributed by atoms with van der Waals surface area (Å²) in [6.45, 7) is 0.246. The molecule has 1 aromatic carbocycles. The van der Waals surface area contributed by atoms with Crippen molar-refractivity contribution in [3.05, 3.63) is 29.8 Å². The Balaban J connectivity index is 2.19. The first-order valence-electron chi connectivity index (χ1n) is 5.42. The number of aliphatic carboxylic acids is 1. The topological polar surface area (TPSA) is 49.8 Å². The lowest BCUT2D eigenvalue weighted by Gasteiger charge is -2.40. The SMILES string of the molecule is CN(CC1(C(=O)O)COC1)c1cc(F)ccc1F. The highest BCUT2D eigenvalue weighted by molar-refractivity contribution is 5.77. The van der Waals surface area contributed by atoms with Crippen LogP contribution in [0.4, 0.5) is 14.5 Å². The quantitative estimate of drug-likeness (QED) is 0.888. The standard InChI is InChI=1S/C12H13F2NO3/c1-15(5-12(11(16)17)6-18-7-12)10-4-8(13)2-3-9(10)14/h2-4H,5-7H2,1H3,(H,16,17). The van der Waals surface area contributed by atoms with Crippen LogP contribution >= 0.6 is 0 Å². The molecule has 1 aliphatic heterocycles. The summed E-state index contributed by atoms with van der Waals surface area (Å²) in [4.78, 5) is 12.5. The maximum atomic E-state index is 13.5. The monoisotopic (exact) mass is 257 g/mol. The molecule has 1 saturated heterocycles. The average molecular weight is 257 g/mol. The number of carboxylic acid groups (broad SMARTS) is 1. The number of ether oxygens (including phenoxy) is 1. The van der Waals surface area contributed by atoms with Crippen LogP contribution in [0.5, 0.6) is 0 Å². The van der Waals surface area contributed by atoms with Gasteiger partial charge >= 0.3 is 5.97 Å². The number of hydrogen-bond donors (Lipinski definition) is 1. The molecule has 18 heavy (non-hydrogen) atoms. The molecule has 1 fully saturated rings. The van der Waals surface area contributed by atoms with E-state index in [2.05, 4.69) is 0 Å². The summed E-state index contributed by atoms with van der Waals surface area (Å²) in [5.41, 5.74) is -0.990. The molecule has 2 rings (SSSR count). The molecule has 1 aromatic rings. The predicted octanol–water partition coefficient (Wildman–Crippen LogP) is 1.50. The molecular formula is C12H13F2NO3. The third-order valence-electron chi connectivity index (χ3n) is 3.07. The Bertz CT molecular complexity index is 474. The third kappa shape index (κ3) is 2.15. The van der Waals surface area contributed by atoms with Crippen LogP contribution in [-0.2, 0) is 9.53 Å². The van der Waals surface area contributed by atoms with Gasteiger partial charge in [0.2, 0.25) is 0 Å². The number of anilines is 1. The van der Waals surface area contributed by atoms with E-state index in [1.165, 1.54) is 11.9 Å². The predicted molar refractivity (Wildman–Crippen MR) is 60.5 cm³/mol. The van der Waals surface area contributed by atoms with Crippen LogP contribution in [0.3, 0.4) is 0 Å². The van der Waals surface area contributed by atoms with Gasteiger partial charge in [-0.25, -0.2) is 8.78 Å². The number of hydrogen-bond acceptors (Lipinski definition) is 3. The first kappa shape index (κ1) is 12.8.